The Labute approximate surface area is 95.7 Å². The first-order valence-corrected chi connectivity index (χ1v) is 6.81. The van der Waals surface area contributed by atoms with Gasteiger partial charge in [0.2, 0.25) is 10.0 Å². The molecule has 16 heavy (non-hydrogen) atoms. The predicted octanol–water partition coefficient (Wildman–Crippen LogP) is 1.50. The summed E-state index contributed by atoms with van der Waals surface area (Å²) in [6.07, 6.45) is 0.956. The van der Waals surface area contributed by atoms with E-state index in [0.717, 1.165) is 11.8 Å². The van der Waals surface area contributed by atoms with Crippen molar-refractivity contribution in [2.24, 2.45) is 0 Å². The van der Waals surface area contributed by atoms with Crippen molar-refractivity contribution in [2.45, 2.75) is 19.8 Å². The van der Waals surface area contributed by atoms with Crippen molar-refractivity contribution in [3.63, 3.8) is 0 Å². The largest absolute Gasteiger partial charge is 0.268 e. The van der Waals surface area contributed by atoms with Gasteiger partial charge in [-0.1, -0.05) is 26.0 Å². The molecule has 0 aromatic heterocycles. The number of hydrogen-bond acceptors (Lipinski definition) is 3. The lowest BCUT2D eigenvalue weighted by molar-refractivity contribution is 0.0981. The van der Waals surface area contributed by atoms with E-state index in [0.29, 0.717) is 11.5 Å². The molecule has 0 radical (unpaired) electrons. The first-order valence-electron chi connectivity index (χ1n) is 4.91. The first-order chi connectivity index (χ1) is 7.29. The van der Waals surface area contributed by atoms with Crippen LogP contribution in [0.25, 0.3) is 0 Å². The molecule has 0 saturated heterocycles. The minimum atomic E-state index is -3.50. The molecule has 4 nitrogen and oxygen atoms in total. The van der Waals surface area contributed by atoms with Gasteiger partial charge in [-0.15, -0.1) is 0 Å². The Morgan fingerprint density at radius 2 is 1.94 bits per heavy atom. The number of benzene rings is 1. The molecule has 1 aromatic rings. The summed E-state index contributed by atoms with van der Waals surface area (Å²) >= 11 is 0. The van der Waals surface area contributed by atoms with Gasteiger partial charge in [-0.3, -0.25) is 4.79 Å². The second-order valence-electron chi connectivity index (χ2n) is 3.98. The lowest BCUT2D eigenvalue weighted by Crippen LogP contribution is -2.29. The van der Waals surface area contributed by atoms with E-state index in [1.54, 1.807) is 18.2 Å². The van der Waals surface area contributed by atoms with Gasteiger partial charge in [-0.05, 0) is 23.6 Å². The predicted molar refractivity (Wildman–Crippen MR) is 62.8 cm³/mol. The maximum Gasteiger partial charge on any atom is 0.264 e. The summed E-state index contributed by atoms with van der Waals surface area (Å²) in [5.74, 6) is -0.295. The molecule has 0 fully saturated rings. The van der Waals surface area contributed by atoms with Crippen LogP contribution in [0.4, 0.5) is 0 Å². The Morgan fingerprint density at radius 3 is 2.44 bits per heavy atom. The van der Waals surface area contributed by atoms with Gasteiger partial charge in [0.25, 0.3) is 5.91 Å². The fourth-order valence-corrected chi connectivity index (χ4v) is 1.72. The van der Waals surface area contributed by atoms with E-state index in [-0.39, 0.29) is 0 Å². The highest BCUT2D eigenvalue weighted by Gasteiger charge is 2.11. The lowest BCUT2D eigenvalue weighted by Gasteiger charge is -2.07. The Balaban J connectivity index is 2.97. The molecular weight excluding hydrogens is 226 g/mol. The van der Waals surface area contributed by atoms with Crippen LogP contribution in [0.5, 0.6) is 0 Å². The quantitative estimate of drug-likeness (QED) is 0.872. The van der Waals surface area contributed by atoms with Crippen LogP contribution in [0, 0.1) is 0 Å². The van der Waals surface area contributed by atoms with Crippen LogP contribution >= 0.6 is 0 Å². The lowest BCUT2D eigenvalue weighted by atomic mass is 10.0. The Morgan fingerprint density at radius 1 is 1.31 bits per heavy atom. The first kappa shape index (κ1) is 12.7. The van der Waals surface area contributed by atoms with Crippen LogP contribution in [-0.2, 0) is 10.0 Å². The SMILES string of the molecule is CC(C)c1cccc(C(=O)NS(C)(=O)=O)c1. The van der Waals surface area contributed by atoms with Crippen molar-refractivity contribution in [3.05, 3.63) is 35.4 Å². The monoisotopic (exact) mass is 241 g/mol. The van der Waals surface area contributed by atoms with E-state index < -0.39 is 15.9 Å². The summed E-state index contributed by atoms with van der Waals surface area (Å²) in [4.78, 5) is 11.5. The number of carbonyl (C=O) groups excluding carboxylic acids is 1. The smallest absolute Gasteiger partial charge is 0.264 e. The highest BCUT2D eigenvalue weighted by atomic mass is 32.2. The zero-order valence-corrected chi connectivity index (χ0v) is 10.3. The van der Waals surface area contributed by atoms with Gasteiger partial charge in [-0.2, -0.15) is 0 Å². The molecule has 0 spiro atoms. The number of sulfonamides is 1. The number of nitrogens with one attached hydrogen (secondary N) is 1. The minimum Gasteiger partial charge on any atom is -0.268 e. The molecule has 5 heteroatoms. The van der Waals surface area contributed by atoms with Gasteiger partial charge in [0.15, 0.2) is 0 Å². The highest BCUT2D eigenvalue weighted by Crippen LogP contribution is 2.15. The molecule has 1 N–H and O–H groups in total. The van der Waals surface area contributed by atoms with Gasteiger partial charge in [-0.25, -0.2) is 13.1 Å². The average Bonchev–Trinajstić information content (AvgIpc) is 2.15. The fraction of sp³-hybridized carbons (Fsp3) is 0.364. The Hall–Kier alpha value is -1.36. The maximum atomic E-state index is 11.5. The molecule has 0 atom stereocenters. The third-order valence-corrected chi connectivity index (χ3v) is 2.65. The third kappa shape index (κ3) is 3.66. The van der Waals surface area contributed by atoms with E-state index >= 15 is 0 Å². The molecule has 0 aliphatic heterocycles. The van der Waals surface area contributed by atoms with Crippen molar-refractivity contribution >= 4 is 15.9 Å². The van der Waals surface area contributed by atoms with Gasteiger partial charge in [0.05, 0.1) is 6.26 Å². The molecular formula is C11H15NO3S. The normalized spacial score (nSPS) is 11.5. The van der Waals surface area contributed by atoms with E-state index in [4.69, 9.17) is 0 Å². The van der Waals surface area contributed by atoms with Crippen LogP contribution in [-0.4, -0.2) is 20.6 Å². The fourth-order valence-electron chi connectivity index (χ4n) is 1.27. The van der Waals surface area contributed by atoms with E-state index in [1.165, 1.54) is 0 Å². The molecule has 0 bridgehead atoms. The molecule has 88 valence electrons. The molecule has 1 aromatic carbocycles. The van der Waals surface area contributed by atoms with Crippen LogP contribution in [0.3, 0.4) is 0 Å². The summed E-state index contributed by atoms with van der Waals surface area (Å²) < 4.78 is 23.7. The molecule has 0 saturated carbocycles. The van der Waals surface area contributed by atoms with Crippen molar-refractivity contribution in [1.82, 2.24) is 4.72 Å². The molecule has 1 rings (SSSR count). The van der Waals surface area contributed by atoms with Crippen LogP contribution in [0.2, 0.25) is 0 Å². The topological polar surface area (TPSA) is 63.2 Å². The highest BCUT2D eigenvalue weighted by molar-refractivity contribution is 7.89. The molecule has 0 aliphatic carbocycles. The van der Waals surface area contributed by atoms with Crippen molar-refractivity contribution in [1.29, 1.82) is 0 Å². The summed E-state index contributed by atoms with van der Waals surface area (Å²) in [6.45, 7) is 4.02. The summed E-state index contributed by atoms with van der Waals surface area (Å²) in [5.41, 5.74) is 1.36. The van der Waals surface area contributed by atoms with Crippen molar-refractivity contribution in [2.75, 3.05) is 6.26 Å². The second kappa shape index (κ2) is 4.65. The second-order valence-corrected chi connectivity index (χ2v) is 5.73. The Kier molecular flexibility index (Phi) is 3.70. The summed E-state index contributed by atoms with van der Waals surface area (Å²) in [5, 5.41) is 0. The maximum absolute atomic E-state index is 11.5. The van der Waals surface area contributed by atoms with Crippen LogP contribution in [0.1, 0.15) is 35.7 Å². The number of carbonyl (C=O) groups is 1. The molecule has 0 heterocycles. The number of hydrogen-bond donors (Lipinski definition) is 1. The number of amides is 1. The van der Waals surface area contributed by atoms with Gasteiger partial charge >= 0.3 is 0 Å². The standard InChI is InChI=1S/C11H15NO3S/c1-8(2)9-5-4-6-10(7-9)11(13)12-16(3,14)15/h4-8H,1-3H3,(H,12,13). The summed E-state index contributed by atoms with van der Waals surface area (Å²) in [7, 11) is -3.50. The van der Waals surface area contributed by atoms with E-state index in [1.807, 2.05) is 24.6 Å². The van der Waals surface area contributed by atoms with Crippen molar-refractivity contribution in [3.8, 4) is 0 Å². The Bertz CT molecular complexity index is 492. The van der Waals surface area contributed by atoms with Crippen LogP contribution < -0.4 is 4.72 Å². The zero-order chi connectivity index (χ0) is 12.3. The van der Waals surface area contributed by atoms with Crippen LogP contribution in [0.15, 0.2) is 24.3 Å². The molecule has 0 aliphatic rings. The average molecular weight is 241 g/mol. The van der Waals surface area contributed by atoms with E-state index in [2.05, 4.69) is 0 Å². The molecule has 0 unspecified atom stereocenters. The molecule has 1 amide bonds. The zero-order valence-electron chi connectivity index (χ0n) is 9.52. The minimum absolute atomic E-state index is 0.297. The number of rotatable bonds is 3. The summed E-state index contributed by atoms with van der Waals surface area (Å²) in [6, 6.07) is 6.94. The van der Waals surface area contributed by atoms with E-state index in [9.17, 15) is 13.2 Å². The van der Waals surface area contributed by atoms with Gasteiger partial charge in [0, 0.05) is 5.56 Å². The van der Waals surface area contributed by atoms with Crippen molar-refractivity contribution < 1.29 is 13.2 Å². The van der Waals surface area contributed by atoms with Gasteiger partial charge in [0.1, 0.15) is 0 Å². The third-order valence-electron chi connectivity index (χ3n) is 2.09. The van der Waals surface area contributed by atoms with Gasteiger partial charge < -0.3 is 0 Å².